The van der Waals surface area contributed by atoms with Gasteiger partial charge in [0.15, 0.2) is 5.78 Å². The van der Waals surface area contributed by atoms with Gasteiger partial charge in [0.2, 0.25) is 5.91 Å². The molecule has 1 aliphatic heterocycles. The smallest absolute Gasteiger partial charge is 0.238 e. The van der Waals surface area contributed by atoms with Gasteiger partial charge in [-0.05, 0) is 62.9 Å². The normalized spacial score (nSPS) is 15.2. The van der Waals surface area contributed by atoms with Crippen LogP contribution in [-0.4, -0.2) is 42.3 Å². The summed E-state index contributed by atoms with van der Waals surface area (Å²) in [5, 5.41) is 2.89. The van der Waals surface area contributed by atoms with Gasteiger partial charge in [-0.3, -0.25) is 14.5 Å². The van der Waals surface area contributed by atoms with Crippen LogP contribution >= 0.6 is 0 Å². The summed E-state index contributed by atoms with van der Waals surface area (Å²) in [6, 6.07) is 13.3. The lowest BCUT2D eigenvalue weighted by atomic mass is 10.1. The van der Waals surface area contributed by atoms with Gasteiger partial charge in [0.05, 0.1) is 6.54 Å². The molecule has 0 aromatic heterocycles. The molecule has 2 aromatic carbocycles. The van der Waals surface area contributed by atoms with Crippen molar-refractivity contribution in [1.29, 1.82) is 0 Å². The third kappa shape index (κ3) is 5.42. The van der Waals surface area contributed by atoms with E-state index in [0.29, 0.717) is 17.8 Å². The molecule has 1 amide bonds. The minimum absolute atomic E-state index is 0.0120. The number of piperidine rings is 1. The quantitative estimate of drug-likeness (QED) is 0.770. The molecule has 0 atom stereocenters. The predicted octanol–water partition coefficient (Wildman–Crippen LogP) is 3.99. The molecule has 1 N–H and O–H groups in total. The number of ether oxygens (including phenoxy) is 1. The summed E-state index contributed by atoms with van der Waals surface area (Å²) in [5.41, 5.74) is 3.61. The zero-order valence-corrected chi connectivity index (χ0v) is 16.8. The van der Waals surface area contributed by atoms with Crippen molar-refractivity contribution in [2.75, 3.05) is 25.0 Å². The van der Waals surface area contributed by atoms with E-state index in [1.807, 2.05) is 0 Å². The van der Waals surface area contributed by atoms with Gasteiger partial charge in [-0.2, -0.15) is 0 Å². The zero-order chi connectivity index (χ0) is 20.1. The Hall–Kier alpha value is -2.66. The fraction of sp³-hybridized carbons (Fsp3) is 0.391. The first kappa shape index (κ1) is 20.1. The summed E-state index contributed by atoms with van der Waals surface area (Å²) in [7, 11) is 0. The number of amides is 1. The molecule has 1 heterocycles. The number of carbonyl (C=O) groups excluding carboxylic acids is 2. The molecule has 0 radical (unpaired) electrons. The largest absolute Gasteiger partial charge is 0.490 e. The Morgan fingerprint density at radius 2 is 1.86 bits per heavy atom. The Morgan fingerprint density at radius 3 is 2.57 bits per heavy atom. The Kier molecular flexibility index (Phi) is 6.47. The number of hydrogen-bond donors (Lipinski definition) is 1. The van der Waals surface area contributed by atoms with Crippen LogP contribution in [0, 0.1) is 13.8 Å². The molecule has 1 aliphatic rings. The molecule has 5 nitrogen and oxygen atoms in total. The first-order valence-electron chi connectivity index (χ1n) is 9.78. The number of Topliss-reactive ketones (excluding diaryl/α,β-unsaturated/α-hetero) is 1. The average molecular weight is 380 g/mol. The SMILES string of the molecule is CC(=O)c1cccc(NC(=O)CN2CCC(Oc3cc(C)ccc3C)CC2)c1. The van der Waals surface area contributed by atoms with E-state index in [1.165, 1.54) is 12.5 Å². The number of aryl methyl sites for hydroxylation is 2. The van der Waals surface area contributed by atoms with Gasteiger partial charge in [0.25, 0.3) is 0 Å². The van der Waals surface area contributed by atoms with Crippen molar-refractivity contribution in [1.82, 2.24) is 4.90 Å². The van der Waals surface area contributed by atoms with E-state index in [4.69, 9.17) is 4.74 Å². The topological polar surface area (TPSA) is 58.6 Å². The van der Waals surface area contributed by atoms with Crippen molar-refractivity contribution >= 4 is 17.4 Å². The summed E-state index contributed by atoms with van der Waals surface area (Å²) in [4.78, 5) is 26.0. The van der Waals surface area contributed by atoms with Crippen LogP contribution in [0.1, 0.15) is 41.3 Å². The van der Waals surface area contributed by atoms with Crippen molar-refractivity contribution in [2.45, 2.75) is 39.7 Å². The van der Waals surface area contributed by atoms with Crippen LogP contribution in [0.3, 0.4) is 0 Å². The van der Waals surface area contributed by atoms with Crippen molar-refractivity contribution in [3.63, 3.8) is 0 Å². The third-order valence-electron chi connectivity index (χ3n) is 5.09. The van der Waals surface area contributed by atoms with E-state index in [-0.39, 0.29) is 17.8 Å². The zero-order valence-electron chi connectivity index (χ0n) is 16.8. The van der Waals surface area contributed by atoms with Crippen molar-refractivity contribution in [3.8, 4) is 5.75 Å². The Bertz CT molecular complexity index is 855. The highest BCUT2D eigenvalue weighted by molar-refractivity contribution is 5.97. The molecule has 0 saturated carbocycles. The van der Waals surface area contributed by atoms with E-state index >= 15 is 0 Å². The lowest BCUT2D eigenvalue weighted by Crippen LogP contribution is -2.42. The van der Waals surface area contributed by atoms with Crippen LogP contribution in [0.25, 0.3) is 0 Å². The molecule has 148 valence electrons. The van der Waals surface area contributed by atoms with Crippen molar-refractivity contribution < 1.29 is 14.3 Å². The standard InChI is InChI=1S/C23H28N2O3/c1-16-7-8-17(2)22(13-16)28-21-9-11-25(12-10-21)15-23(27)24-20-6-4-5-19(14-20)18(3)26/h4-8,13-14,21H,9-12,15H2,1-3H3,(H,24,27). The maximum Gasteiger partial charge on any atom is 0.238 e. The highest BCUT2D eigenvalue weighted by atomic mass is 16.5. The number of carbonyl (C=O) groups is 2. The van der Waals surface area contributed by atoms with Gasteiger partial charge in [-0.25, -0.2) is 0 Å². The van der Waals surface area contributed by atoms with Gasteiger partial charge >= 0.3 is 0 Å². The minimum Gasteiger partial charge on any atom is -0.490 e. The van der Waals surface area contributed by atoms with E-state index in [1.54, 1.807) is 24.3 Å². The van der Waals surface area contributed by atoms with E-state index in [0.717, 1.165) is 37.2 Å². The van der Waals surface area contributed by atoms with Crippen LogP contribution in [0.4, 0.5) is 5.69 Å². The maximum absolute atomic E-state index is 12.3. The molecule has 0 unspecified atom stereocenters. The summed E-state index contributed by atoms with van der Waals surface area (Å²) >= 11 is 0. The van der Waals surface area contributed by atoms with Gasteiger partial charge in [0, 0.05) is 24.3 Å². The fourth-order valence-corrected chi connectivity index (χ4v) is 3.42. The highest BCUT2D eigenvalue weighted by Gasteiger charge is 2.22. The number of likely N-dealkylation sites (tertiary alicyclic amines) is 1. The molecule has 1 fully saturated rings. The number of nitrogens with one attached hydrogen (secondary N) is 1. The number of anilines is 1. The van der Waals surface area contributed by atoms with Crippen LogP contribution < -0.4 is 10.1 Å². The minimum atomic E-state index is -0.0606. The van der Waals surface area contributed by atoms with Gasteiger partial charge < -0.3 is 10.1 Å². The number of rotatable bonds is 6. The monoisotopic (exact) mass is 380 g/mol. The first-order chi connectivity index (χ1) is 13.4. The third-order valence-corrected chi connectivity index (χ3v) is 5.09. The second-order valence-electron chi connectivity index (χ2n) is 7.55. The molecule has 2 aromatic rings. The lowest BCUT2D eigenvalue weighted by molar-refractivity contribution is -0.117. The molecule has 0 spiro atoms. The number of benzene rings is 2. The Labute approximate surface area is 166 Å². The van der Waals surface area contributed by atoms with Crippen LogP contribution in [0.2, 0.25) is 0 Å². The van der Waals surface area contributed by atoms with Crippen LogP contribution in [0.15, 0.2) is 42.5 Å². The summed E-state index contributed by atoms with van der Waals surface area (Å²) in [6.07, 6.45) is 1.99. The summed E-state index contributed by atoms with van der Waals surface area (Å²) in [6.45, 7) is 7.66. The first-order valence-corrected chi connectivity index (χ1v) is 9.78. The molecular weight excluding hydrogens is 352 g/mol. The Balaban J connectivity index is 1.47. The number of ketones is 1. The fourth-order valence-electron chi connectivity index (χ4n) is 3.42. The molecule has 5 heteroatoms. The molecule has 1 saturated heterocycles. The summed E-state index contributed by atoms with van der Waals surface area (Å²) < 4.78 is 6.19. The molecule has 28 heavy (non-hydrogen) atoms. The number of nitrogens with zero attached hydrogens (tertiary/aromatic N) is 1. The van der Waals surface area contributed by atoms with E-state index in [9.17, 15) is 9.59 Å². The van der Waals surface area contributed by atoms with E-state index in [2.05, 4.69) is 42.3 Å². The summed E-state index contributed by atoms with van der Waals surface area (Å²) in [5.74, 6) is 0.887. The second-order valence-corrected chi connectivity index (χ2v) is 7.55. The van der Waals surface area contributed by atoms with Crippen LogP contribution in [-0.2, 0) is 4.79 Å². The van der Waals surface area contributed by atoms with Gasteiger partial charge in [-0.1, -0.05) is 24.3 Å². The van der Waals surface area contributed by atoms with E-state index < -0.39 is 0 Å². The van der Waals surface area contributed by atoms with Crippen LogP contribution in [0.5, 0.6) is 5.75 Å². The number of hydrogen-bond acceptors (Lipinski definition) is 4. The lowest BCUT2D eigenvalue weighted by Gasteiger charge is -2.32. The van der Waals surface area contributed by atoms with Gasteiger partial charge in [-0.15, -0.1) is 0 Å². The average Bonchev–Trinajstić information content (AvgIpc) is 2.66. The maximum atomic E-state index is 12.3. The Morgan fingerprint density at radius 1 is 1.11 bits per heavy atom. The molecule has 0 aliphatic carbocycles. The van der Waals surface area contributed by atoms with Crippen molar-refractivity contribution in [3.05, 3.63) is 59.2 Å². The molecule has 3 rings (SSSR count). The van der Waals surface area contributed by atoms with Crippen molar-refractivity contribution in [2.24, 2.45) is 0 Å². The molecule has 0 bridgehead atoms. The second kappa shape index (κ2) is 9.02. The van der Waals surface area contributed by atoms with Gasteiger partial charge in [0.1, 0.15) is 11.9 Å². The molecular formula is C23H28N2O3. The predicted molar refractivity (Wildman–Crippen MR) is 111 cm³/mol. The highest BCUT2D eigenvalue weighted by Crippen LogP contribution is 2.24.